The molecule has 1 aromatic rings. The average Bonchev–Trinajstić information content (AvgIpc) is 2.54. The molecule has 1 aliphatic rings. The van der Waals surface area contributed by atoms with Crippen LogP contribution in [-0.4, -0.2) is 36.4 Å². The number of hydrazine groups is 1. The standard InChI is InChI=1S/C16H23N3O3/c1-11-5-6-12(2)14(8-11)22-10-15(20)19-7-3-4-13(9-19)16(21)18-17/h5-6,8,13H,3-4,7,9-10,17H2,1-2H3,(H,18,21). The van der Waals surface area contributed by atoms with E-state index in [4.69, 9.17) is 10.6 Å². The first-order valence-electron chi connectivity index (χ1n) is 7.49. The van der Waals surface area contributed by atoms with Crippen LogP contribution in [0, 0.1) is 19.8 Å². The molecule has 1 atom stereocenters. The van der Waals surface area contributed by atoms with E-state index in [1.807, 2.05) is 32.0 Å². The Morgan fingerprint density at radius 2 is 2.18 bits per heavy atom. The second-order valence-electron chi connectivity index (χ2n) is 5.75. The molecule has 0 aliphatic carbocycles. The van der Waals surface area contributed by atoms with Gasteiger partial charge in [-0.2, -0.15) is 0 Å². The molecule has 22 heavy (non-hydrogen) atoms. The smallest absolute Gasteiger partial charge is 0.260 e. The zero-order valence-corrected chi connectivity index (χ0v) is 13.1. The van der Waals surface area contributed by atoms with E-state index in [1.54, 1.807) is 4.90 Å². The summed E-state index contributed by atoms with van der Waals surface area (Å²) in [6.07, 6.45) is 1.55. The Labute approximate surface area is 130 Å². The molecule has 6 heteroatoms. The topological polar surface area (TPSA) is 84.7 Å². The largest absolute Gasteiger partial charge is 0.483 e. The Hall–Kier alpha value is -2.08. The van der Waals surface area contributed by atoms with Gasteiger partial charge in [0.2, 0.25) is 5.91 Å². The van der Waals surface area contributed by atoms with E-state index in [2.05, 4.69) is 5.43 Å². The molecule has 2 amide bonds. The van der Waals surface area contributed by atoms with Crippen LogP contribution in [0.3, 0.4) is 0 Å². The Balaban J connectivity index is 1.91. The Bertz CT molecular complexity index is 560. The highest BCUT2D eigenvalue weighted by Crippen LogP contribution is 2.20. The van der Waals surface area contributed by atoms with E-state index in [0.717, 1.165) is 29.7 Å². The van der Waals surface area contributed by atoms with Crippen molar-refractivity contribution in [2.75, 3.05) is 19.7 Å². The molecule has 120 valence electrons. The van der Waals surface area contributed by atoms with Crippen molar-refractivity contribution >= 4 is 11.8 Å². The van der Waals surface area contributed by atoms with Gasteiger partial charge in [-0.25, -0.2) is 5.84 Å². The molecule has 0 spiro atoms. The van der Waals surface area contributed by atoms with Gasteiger partial charge in [0, 0.05) is 13.1 Å². The van der Waals surface area contributed by atoms with Crippen LogP contribution in [0.5, 0.6) is 5.75 Å². The average molecular weight is 305 g/mol. The van der Waals surface area contributed by atoms with Gasteiger partial charge in [0.25, 0.3) is 5.91 Å². The number of rotatable bonds is 4. The Kier molecular flexibility index (Phi) is 5.38. The summed E-state index contributed by atoms with van der Waals surface area (Å²) in [7, 11) is 0. The van der Waals surface area contributed by atoms with Gasteiger partial charge in [0.05, 0.1) is 5.92 Å². The number of aryl methyl sites for hydroxylation is 2. The number of nitrogens with two attached hydrogens (primary N) is 1. The molecule has 2 rings (SSSR count). The second-order valence-corrected chi connectivity index (χ2v) is 5.75. The van der Waals surface area contributed by atoms with Gasteiger partial charge in [-0.15, -0.1) is 0 Å². The van der Waals surface area contributed by atoms with E-state index in [0.29, 0.717) is 13.1 Å². The molecule has 6 nitrogen and oxygen atoms in total. The van der Waals surface area contributed by atoms with E-state index in [1.165, 1.54) is 0 Å². The normalized spacial score (nSPS) is 18.0. The minimum atomic E-state index is -0.233. The van der Waals surface area contributed by atoms with Crippen molar-refractivity contribution in [3.05, 3.63) is 29.3 Å². The molecule has 1 aromatic carbocycles. The van der Waals surface area contributed by atoms with E-state index < -0.39 is 0 Å². The van der Waals surface area contributed by atoms with Crippen LogP contribution in [0.15, 0.2) is 18.2 Å². The van der Waals surface area contributed by atoms with Crippen molar-refractivity contribution < 1.29 is 14.3 Å². The molecule has 0 bridgehead atoms. The Morgan fingerprint density at radius 3 is 2.91 bits per heavy atom. The molecule has 1 heterocycles. The maximum atomic E-state index is 12.3. The number of ether oxygens (including phenoxy) is 1. The lowest BCUT2D eigenvalue weighted by Gasteiger charge is -2.31. The molecule has 1 fully saturated rings. The van der Waals surface area contributed by atoms with Crippen molar-refractivity contribution in [3.63, 3.8) is 0 Å². The maximum absolute atomic E-state index is 12.3. The number of amides is 2. The predicted octanol–water partition coefficient (Wildman–Crippen LogP) is 0.911. The maximum Gasteiger partial charge on any atom is 0.260 e. The number of benzene rings is 1. The molecule has 1 unspecified atom stereocenters. The summed E-state index contributed by atoms with van der Waals surface area (Å²) < 4.78 is 5.64. The fraction of sp³-hybridized carbons (Fsp3) is 0.500. The molecule has 0 radical (unpaired) electrons. The molecule has 3 N–H and O–H groups in total. The number of hydrogen-bond acceptors (Lipinski definition) is 4. The monoisotopic (exact) mass is 305 g/mol. The van der Waals surface area contributed by atoms with Crippen molar-refractivity contribution in [2.24, 2.45) is 11.8 Å². The lowest BCUT2D eigenvalue weighted by molar-refractivity contribution is -0.137. The summed E-state index contributed by atoms with van der Waals surface area (Å²) in [5.41, 5.74) is 4.24. The molecule has 0 saturated carbocycles. The highest BCUT2D eigenvalue weighted by Gasteiger charge is 2.28. The highest BCUT2D eigenvalue weighted by atomic mass is 16.5. The summed E-state index contributed by atoms with van der Waals surface area (Å²) in [6, 6.07) is 5.89. The molecular formula is C16H23N3O3. The molecule has 0 aromatic heterocycles. The van der Waals surface area contributed by atoms with Crippen molar-refractivity contribution in [2.45, 2.75) is 26.7 Å². The van der Waals surface area contributed by atoms with Crippen LogP contribution in [0.4, 0.5) is 0 Å². The van der Waals surface area contributed by atoms with Gasteiger partial charge in [-0.05, 0) is 43.9 Å². The van der Waals surface area contributed by atoms with Crippen molar-refractivity contribution in [1.82, 2.24) is 10.3 Å². The number of nitrogens with zero attached hydrogens (tertiary/aromatic N) is 1. The van der Waals surface area contributed by atoms with E-state index in [-0.39, 0.29) is 24.3 Å². The lowest BCUT2D eigenvalue weighted by atomic mass is 9.97. The van der Waals surface area contributed by atoms with Gasteiger partial charge in [0.1, 0.15) is 5.75 Å². The number of carbonyl (C=O) groups is 2. The van der Waals surface area contributed by atoms with Crippen molar-refractivity contribution in [1.29, 1.82) is 0 Å². The van der Waals surface area contributed by atoms with Gasteiger partial charge in [-0.3, -0.25) is 15.0 Å². The van der Waals surface area contributed by atoms with E-state index in [9.17, 15) is 9.59 Å². The van der Waals surface area contributed by atoms with Gasteiger partial charge in [-0.1, -0.05) is 12.1 Å². The van der Waals surface area contributed by atoms with Gasteiger partial charge < -0.3 is 9.64 Å². The van der Waals surface area contributed by atoms with Crippen LogP contribution in [0.25, 0.3) is 0 Å². The summed E-state index contributed by atoms with van der Waals surface area (Å²) in [5, 5.41) is 0. The summed E-state index contributed by atoms with van der Waals surface area (Å²) >= 11 is 0. The number of nitrogens with one attached hydrogen (secondary N) is 1. The fourth-order valence-corrected chi connectivity index (χ4v) is 2.63. The van der Waals surface area contributed by atoms with Crippen molar-refractivity contribution in [3.8, 4) is 5.75 Å². The van der Waals surface area contributed by atoms with Crippen LogP contribution in [0.2, 0.25) is 0 Å². The predicted molar refractivity (Wildman–Crippen MR) is 83.0 cm³/mol. The number of piperidine rings is 1. The second kappa shape index (κ2) is 7.26. The first-order valence-corrected chi connectivity index (χ1v) is 7.49. The lowest BCUT2D eigenvalue weighted by Crippen LogP contribution is -2.48. The Morgan fingerprint density at radius 1 is 1.41 bits per heavy atom. The minimum Gasteiger partial charge on any atom is -0.483 e. The van der Waals surface area contributed by atoms with E-state index >= 15 is 0 Å². The zero-order chi connectivity index (χ0) is 16.1. The number of carbonyl (C=O) groups excluding carboxylic acids is 2. The van der Waals surface area contributed by atoms with Crippen LogP contribution < -0.4 is 16.0 Å². The third kappa shape index (κ3) is 3.98. The first kappa shape index (κ1) is 16.3. The summed E-state index contributed by atoms with van der Waals surface area (Å²) in [4.78, 5) is 25.5. The molecule has 1 aliphatic heterocycles. The van der Waals surface area contributed by atoms with Crippen LogP contribution >= 0.6 is 0 Å². The third-order valence-electron chi connectivity index (χ3n) is 3.98. The fourth-order valence-electron chi connectivity index (χ4n) is 2.63. The first-order chi connectivity index (χ1) is 10.5. The number of hydrogen-bond donors (Lipinski definition) is 2. The van der Waals surface area contributed by atoms with Gasteiger partial charge >= 0.3 is 0 Å². The number of likely N-dealkylation sites (tertiary alicyclic amines) is 1. The van der Waals surface area contributed by atoms with Gasteiger partial charge in [0.15, 0.2) is 6.61 Å². The third-order valence-corrected chi connectivity index (χ3v) is 3.98. The molecule has 1 saturated heterocycles. The SMILES string of the molecule is Cc1ccc(C)c(OCC(=O)N2CCCC(C(=O)NN)C2)c1. The quantitative estimate of drug-likeness (QED) is 0.492. The summed E-state index contributed by atoms with van der Waals surface area (Å²) in [5.74, 6) is 5.34. The summed E-state index contributed by atoms with van der Waals surface area (Å²) in [6.45, 7) is 4.97. The highest BCUT2D eigenvalue weighted by molar-refractivity contribution is 5.81. The van der Waals surface area contributed by atoms with Crippen LogP contribution in [-0.2, 0) is 9.59 Å². The zero-order valence-electron chi connectivity index (χ0n) is 13.1. The van der Waals surface area contributed by atoms with Crippen LogP contribution in [0.1, 0.15) is 24.0 Å². The minimum absolute atomic E-state index is 0.0126. The molecular weight excluding hydrogens is 282 g/mol.